The first-order chi connectivity index (χ1) is 8.56. The highest BCUT2D eigenvalue weighted by Gasteiger charge is 2.38. The lowest BCUT2D eigenvalue weighted by Gasteiger charge is -2.41. The number of carbonyl (C=O) groups excluding carboxylic acids is 1. The quantitative estimate of drug-likeness (QED) is 0.887. The van der Waals surface area contributed by atoms with E-state index >= 15 is 0 Å². The van der Waals surface area contributed by atoms with E-state index in [0.717, 1.165) is 18.5 Å². The molecule has 2 rings (SSSR count). The van der Waals surface area contributed by atoms with Gasteiger partial charge in [-0.3, -0.25) is 4.79 Å². The number of nitrogens with zero attached hydrogens (tertiary/aromatic N) is 1. The first-order valence-corrected chi connectivity index (χ1v) is 6.60. The van der Waals surface area contributed by atoms with E-state index in [2.05, 4.69) is 0 Å². The maximum atomic E-state index is 12.3. The molecule has 1 amide bonds. The number of carbonyl (C=O) groups is 1. The summed E-state index contributed by atoms with van der Waals surface area (Å²) in [7, 11) is 1.85. The molecule has 18 heavy (non-hydrogen) atoms. The van der Waals surface area contributed by atoms with E-state index in [0.29, 0.717) is 13.0 Å². The second-order valence-electron chi connectivity index (χ2n) is 5.53. The fourth-order valence-corrected chi connectivity index (χ4v) is 2.55. The third-order valence-electron chi connectivity index (χ3n) is 4.14. The van der Waals surface area contributed by atoms with Crippen LogP contribution in [0.5, 0.6) is 0 Å². The Morgan fingerprint density at radius 1 is 1.44 bits per heavy atom. The molecular formula is C15H22N2O. The molecule has 0 heterocycles. The van der Waals surface area contributed by atoms with Crippen LogP contribution in [0, 0.1) is 12.3 Å². The average Bonchev–Trinajstić information content (AvgIpc) is 2.32. The first-order valence-electron chi connectivity index (χ1n) is 6.60. The van der Waals surface area contributed by atoms with Crippen LogP contribution in [0.2, 0.25) is 0 Å². The maximum Gasteiger partial charge on any atom is 0.227 e. The predicted octanol–water partition coefficient (Wildman–Crippen LogP) is 2.48. The topological polar surface area (TPSA) is 46.3 Å². The van der Waals surface area contributed by atoms with Crippen molar-refractivity contribution in [2.24, 2.45) is 11.1 Å². The number of amides is 1. The second kappa shape index (κ2) is 5.11. The minimum Gasteiger partial charge on any atom is -0.330 e. The molecule has 98 valence electrons. The molecule has 1 aliphatic rings. The molecule has 1 saturated carbocycles. The molecule has 1 fully saturated rings. The van der Waals surface area contributed by atoms with Gasteiger partial charge in [0, 0.05) is 19.2 Å². The highest BCUT2D eigenvalue weighted by molar-refractivity contribution is 5.93. The van der Waals surface area contributed by atoms with Crippen LogP contribution in [0.4, 0.5) is 5.69 Å². The van der Waals surface area contributed by atoms with Crippen molar-refractivity contribution in [3.63, 3.8) is 0 Å². The average molecular weight is 246 g/mol. The molecule has 3 nitrogen and oxygen atoms in total. The summed E-state index contributed by atoms with van der Waals surface area (Å²) in [6, 6.07) is 8.03. The molecule has 0 spiro atoms. The van der Waals surface area contributed by atoms with Crippen molar-refractivity contribution in [3.8, 4) is 0 Å². The van der Waals surface area contributed by atoms with Gasteiger partial charge in [-0.2, -0.15) is 0 Å². The first kappa shape index (κ1) is 13.1. The monoisotopic (exact) mass is 246 g/mol. The van der Waals surface area contributed by atoms with Crippen molar-refractivity contribution < 1.29 is 4.79 Å². The molecule has 1 aromatic carbocycles. The van der Waals surface area contributed by atoms with E-state index in [1.165, 1.54) is 12.0 Å². The van der Waals surface area contributed by atoms with Gasteiger partial charge < -0.3 is 10.6 Å². The fraction of sp³-hybridized carbons (Fsp3) is 0.533. The van der Waals surface area contributed by atoms with Gasteiger partial charge in [-0.05, 0) is 49.4 Å². The molecule has 0 unspecified atom stereocenters. The van der Waals surface area contributed by atoms with E-state index < -0.39 is 0 Å². The van der Waals surface area contributed by atoms with E-state index in [1.807, 2.05) is 38.2 Å². The van der Waals surface area contributed by atoms with E-state index in [9.17, 15) is 4.79 Å². The van der Waals surface area contributed by atoms with Crippen molar-refractivity contribution >= 4 is 11.6 Å². The molecule has 0 saturated heterocycles. The molecule has 1 aliphatic carbocycles. The van der Waals surface area contributed by atoms with Crippen LogP contribution in [0.15, 0.2) is 24.3 Å². The van der Waals surface area contributed by atoms with Crippen LogP contribution < -0.4 is 10.6 Å². The summed E-state index contributed by atoms with van der Waals surface area (Å²) < 4.78 is 0. The Bertz CT molecular complexity index is 432. The highest BCUT2D eigenvalue weighted by atomic mass is 16.2. The summed E-state index contributed by atoms with van der Waals surface area (Å²) in [5.41, 5.74) is 8.02. The van der Waals surface area contributed by atoms with Crippen molar-refractivity contribution in [1.29, 1.82) is 0 Å². The van der Waals surface area contributed by atoms with Gasteiger partial charge in [0.05, 0.1) is 0 Å². The minimum atomic E-state index is 0.0785. The summed E-state index contributed by atoms with van der Waals surface area (Å²) in [5.74, 6) is 0.172. The second-order valence-corrected chi connectivity index (χ2v) is 5.53. The van der Waals surface area contributed by atoms with Gasteiger partial charge in [0.2, 0.25) is 5.91 Å². The Hall–Kier alpha value is -1.35. The van der Waals surface area contributed by atoms with Crippen LogP contribution in [0.25, 0.3) is 0 Å². The molecular weight excluding hydrogens is 224 g/mol. The van der Waals surface area contributed by atoms with Gasteiger partial charge in [-0.25, -0.2) is 0 Å². The highest BCUT2D eigenvalue weighted by Crippen LogP contribution is 2.43. The summed E-state index contributed by atoms with van der Waals surface area (Å²) in [4.78, 5) is 14.0. The van der Waals surface area contributed by atoms with Gasteiger partial charge in [0.1, 0.15) is 0 Å². The molecule has 0 aliphatic heterocycles. The molecule has 0 bridgehead atoms. The van der Waals surface area contributed by atoms with E-state index in [-0.39, 0.29) is 11.3 Å². The number of nitrogens with two attached hydrogens (primary N) is 1. The van der Waals surface area contributed by atoms with Crippen molar-refractivity contribution in [3.05, 3.63) is 29.8 Å². The summed E-state index contributed by atoms with van der Waals surface area (Å²) in [5, 5.41) is 0. The Morgan fingerprint density at radius 3 is 2.67 bits per heavy atom. The Morgan fingerprint density at radius 2 is 2.17 bits per heavy atom. The minimum absolute atomic E-state index is 0.0785. The van der Waals surface area contributed by atoms with E-state index in [1.54, 1.807) is 4.90 Å². The van der Waals surface area contributed by atoms with Gasteiger partial charge >= 0.3 is 0 Å². The molecule has 0 aromatic heterocycles. The summed E-state index contributed by atoms with van der Waals surface area (Å²) in [6.07, 6.45) is 3.97. The largest absolute Gasteiger partial charge is 0.330 e. The van der Waals surface area contributed by atoms with Crippen LogP contribution in [0.1, 0.15) is 31.2 Å². The lowest BCUT2D eigenvalue weighted by molar-refractivity contribution is -0.121. The van der Waals surface area contributed by atoms with Crippen molar-refractivity contribution in [1.82, 2.24) is 0 Å². The smallest absolute Gasteiger partial charge is 0.227 e. The zero-order chi connectivity index (χ0) is 13.2. The molecule has 1 aromatic rings. The molecule has 2 N–H and O–H groups in total. The van der Waals surface area contributed by atoms with Gasteiger partial charge in [0.25, 0.3) is 0 Å². The van der Waals surface area contributed by atoms with Gasteiger partial charge in [-0.1, -0.05) is 18.6 Å². The van der Waals surface area contributed by atoms with Crippen LogP contribution >= 0.6 is 0 Å². The summed E-state index contributed by atoms with van der Waals surface area (Å²) >= 11 is 0. The fourth-order valence-electron chi connectivity index (χ4n) is 2.55. The van der Waals surface area contributed by atoms with Crippen molar-refractivity contribution in [2.45, 2.75) is 32.6 Å². The number of rotatable bonds is 4. The molecule has 0 atom stereocenters. The lowest BCUT2D eigenvalue weighted by atomic mass is 9.66. The zero-order valence-corrected chi connectivity index (χ0v) is 11.3. The zero-order valence-electron chi connectivity index (χ0n) is 11.3. The van der Waals surface area contributed by atoms with Crippen LogP contribution in [-0.2, 0) is 4.79 Å². The van der Waals surface area contributed by atoms with Crippen LogP contribution in [0.3, 0.4) is 0 Å². The number of hydrogen-bond acceptors (Lipinski definition) is 2. The maximum absolute atomic E-state index is 12.3. The number of benzene rings is 1. The van der Waals surface area contributed by atoms with Crippen molar-refractivity contribution in [2.75, 3.05) is 18.5 Å². The van der Waals surface area contributed by atoms with Crippen LogP contribution in [-0.4, -0.2) is 19.5 Å². The molecule has 0 radical (unpaired) electrons. The van der Waals surface area contributed by atoms with Gasteiger partial charge in [-0.15, -0.1) is 0 Å². The SMILES string of the molecule is Cc1cccc(N(C)C(=O)CC2(CN)CCC2)c1. The standard InChI is InChI=1S/C15H22N2O/c1-12-5-3-6-13(9-12)17(2)14(18)10-15(11-16)7-4-8-15/h3,5-6,9H,4,7-8,10-11,16H2,1-2H3. The Balaban J connectivity index is 2.05. The predicted molar refractivity (Wildman–Crippen MR) is 74.5 cm³/mol. The third kappa shape index (κ3) is 2.56. The molecule has 3 heteroatoms. The number of hydrogen-bond donors (Lipinski definition) is 1. The number of aryl methyl sites for hydroxylation is 1. The summed E-state index contributed by atoms with van der Waals surface area (Å²) in [6.45, 7) is 2.66. The van der Waals surface area contributed by atoms with E-state index in [4.69, 9.17) is 5.73 Å². The van der Waals surface area contributed by atoms with Gasteiger partial charge in [0.15, 0.2) is 0 Å². The number of anilines is 1. The Labute approximate surface area is 109 Å². The lowest BCUT2D eigenvalue weighted by Crippen LogP contribution is -2.42. The third-order valence-corrected chi connectivity index (χ3v) is 4.14. The Kier molecular flexibility index (Phi) is 3.71. The normalized spacial score (nSPS) is 17.1.